The van der Waals surface area contributed by atoms with Gasteiger partial charge in [-0.15, -0.1) is 0 Å². The van der Waals surface area contributed by atoms with Crippen molar-refractivity contribution in [1.82, 2.24) is 14.9 Å². The van der Waals surface area contributed by atoms with Gasteiger partial charge in [-0.2, -0.15) is 0 Å². The lowest BCUT2D eigenvalue weighted by molar-refractivity contribution is -0.00613. The van der Waals surface area contributed by atoms with Crippen LogP contribution in [-0.4, -0.2) is 28.8 Å². The molecule has 2 heterocycles. The fourth-order valence-electron chi connectivity index (χ4n) is 2.32. The highest BCUT2D eigenvalue weighted by atomic mass is 16.5. The van der Waals surface area contributed by atoms with Crippen LogP contribution in [0.1, 0.15) is 19.2 Å². The summed E-state index contributed by atoms with van der Waals surface area (Å²) >= 11 is 0. The van der Waals surface area contributed by atoms with Crippen LogP contribution in [0.2, 0.25) is 0 Å². The number of hydrogen-bond donors (Lipinski definition) is 1. The van der Waals surface area contributed by atoms with Crippen molar-refractivity contribution in [3.05, 3.63) is 30.1 Å². The minimum absolute atomic E-state index is 0.500. The summed E-state index contributed by atoms with van der Waals surface area (Å²) in [6.45, 7) is 5.70. The first kappa shape index (κ1) is 11.7. The lowest BCUT2D eigenvalue weighted by atomic mass is 10.2. The van der Waals surface area contributed by atoms with E-state index in [-0.39, 0.29) is 0 Å². The molecule has 4 heteroatoms. The van der Waals surface area contributed by atoms with Crippen LogP contribution in [-0.2, 0) is 17.8 Å². The monoisotopic (exact) mass is 245 g/mol. The molecule has 0 aliphatic carbocycles. The molecule has 3 rings (SSSR count). The number of nitrogens with zero attached hydrogens (tertiary/aromatic N) is 2. The predicted molar refractivity (Wildman–Crippen MR) is 71.5 cm³/mol. The van der Waals surface area contributed by atoms with E-state index in [4.69, 9.17) is 9.72 Å². The normalized spacial score (nSPS) is 16.1. The van der Waals surface area contributed by atoms with Gasteiger partial charge in [0.05, 0.1) is 36.8 Å². The highest BCUT2D eigenvalue weighted by Crippen LogP contribution is 2.16. The van der Waals surface area contributed by atoms with Gasteiger partial charge in [0.2, 0.25) is 0 Å². The number of nitrogens with one attached hydrogen (secondary N) is 1. The standard InChI is InChI=1S/C14H19N3O/c1-2-7-17-13-6-4-3-5-12(13)16-14(17)8-15-11-9-18-10-11/h3-6,11,15H,2,7-10H2,1H3. The van der Waals surface area contributed by atoms with Gasteiger partial charge >= 0.3 is 0 Å². The van der Waals surface area contributed by atoms with Crippen LogP contribution in [0.5, 0.6) is 0 Å². The first-order valence-corrected chi connectivity index (χ1v) is 6.63. The molecule has 1 aromatic carbocycles. The van der Waals surface area contributed by atoms with Crippen LogP contribution in [0.4, 0.5) is 0 Å². The maximum absolute atomic E-state index is 5.17. The van der Waals surface area contributed by atoms with Crippen LogP contribution in [0.25, 0.3) is 11.0 Å². The zero-order valence-corrected chi connectivity index (χ0v) is 10.7. The molecular weight excluding hydrogens is 226 g/mol. The molecule has 1 N–H and O–H groups in total. The third-order valence-electron chi connectivity index (χ3n) is 3.37. The lowest BCUT2D eigenvalue weighted by Crippen LogP contribution is -2.45. The number of benzene rings is 1. The number of aryl methyl sites for hydroxylation is 1. The Morgan fingerprint density at radius 3 is 2.94 bits per heavy atom. The van der Waals surface area contributed by atoms with E-state index in [1.54, 1.807) is 0 Å². The van der Waals surface area contributed by atoms with E-state index in [1.165, 1.54) is 5.52 Å². The van der Waals surface area contributed by atoms with Crippen LogP contribution < -0.4 is 5.32 Å². The zero-order valence-electron chi connectivity index (χ0n) is 10.7. The Balaban J connectivity index is 1.85. The van der Waals surface area contributed by atoms with Gasteiger partial charge in [0.15, 0.2) is 0 Å². The van der Waals surface area contributed by atoms with Crippen LogP contribution in [0.3, 0.4) is 0 Å². The van der Waals surface area contributed by atoms with E-state index in [2.05, 4.69) is 35.0 Å². The third-order valence-corrected chi connectivity index (χ3v) is 3.37. The summed E-state index contributed by atoms with van der Waals surface area (Å²) in [7, 11) is 0. The summed E-state index contributed by atoms with van der Waals surface area (Å²) in [6, 6.07) is 8.85. The van der Waals surface area contributed by atoms with Gasteiger partial charge in [-0.1, -0.05) is 19.1 Å². The van der Waals surface area contributed by atoms with Crippen molar-refractivity contribution < 1.29 is 4.74 Å². The topological polar surface area (TPSA) is 39.1 Å². The molecule has 4 nitrogen and oxygen atoms in total. The molecule has 1 aliphatic rings. The SMILES string of the molecule is CCCn1c(CNC2COC2)nc2ccccc21. The third kappa shape index (κ3) is 2.13. The fourth-order valence-corrected chi connectivity index (χ4v) is 2.32. The predicted octanol–water partition coefficient (Wildman–Crippen LogP) is 1.93. The lowest BCUT2D eigenvalue weighted by Gasteiger charge is -2.26. The largest absolute Gasteiger partial charge is 0.378 e. The molecule has 0 radical (unpaired) electrons. The second-order valence-corrected chi connectivity index (χ2v) is 4.78. The number of hydrogen-bond acceptors (Lipinski definition) is 3. The summed E-state index contributed by atoms with van der Waals surface area (Å²) in [6.07, 6.45) is 1.12. The first-order chi connectivity index (χ1) is 8.88. The van der Waals surface area contributed by atoms with E-state index in [9.17, 15) is 0 Å². The first-order valence-electron chi connectivity index (χ1n) is 6.63. The highest BCUT2D eigenvalue weighted by molar-refractivity contribution is 5.75. The van der Waals surface area contributed by atoms with Gasteiger partial charge in [0.25, 0.3) is 0 Å². The second kappa shape index (κ2) is 5.08. The molecule has 18 heavy (non-hydrogen) atoms. The number of para-hydroxylation sites is 2. The molecular formula is C14H19N3O. The van der Waals surface area contributed by atoms with Gasteiger partial charge in [-0.05, 0) is 18.6 Å². The summed E-state index contributed by atoms with van der Waals surface area (Å²) in [5.41, 5.74) is 2.33. The average Bonchev–Trinajstić information content (AvgIpc) is 2.67. The maximum Gasteiger partial charge on any atom is 0.123 e. The number of ether oxygens (including phenoxy) is 1. The molecule has 1 aliphatic heterocycles. The van der Waals surface area contributed by atoms with Gasteiger partial charge in [0, 0.05) is 6.54 Å². The molecule has 0 saturated carbocycles. The van der Waals surface area contributed by atoms with Crippen molar-refractivity contribution in [3.63, 3.8) is 0 Å². The smallest absolute Gasteiger partial charge is 0.123 e. The van der Waals surface area contributed by atoms with Gasteiger partial charge < -0.3 is 14.6 Å². The molecule has 1 saturated heterocycles. The molecule has 2 aromatic rings. The summed E-state index contributed by atoms with van der Waals surface area (Å²) < 4.78 is 7.49. The number of fused-ring (bicyclic) bond motifs is 1. The van der Waals surface area contributed by atoms with Gasteiger partial charge in [-0.25, -0.2) is 4.98 Å². The van der Waals surface area contributed by atoms with Gasteiger partial charge in [-0.3, -0.25) is 0 Å². The molecule has 1 aromatic heterocycles. The van der Waals surface area contributed by atoms with Crippen molar-refractivity contribution in [3.8, 4) is 0 Å². The minimum Gasteiger partial charge on any atom is -0.378 e. The van der Waals surface area contributed by atoms with Crippen molar-refractivity contribution in [2.75, 3.05) is 13.2 Å². The molecule has 0 unspecified atom stereocenters. The molecule has 0 atom stereocenters. The van der Waals surface area contributed by atoms with Gasteiger partial charge in [0.1, 0.15) is 5.82 Å². The Kier molecular flexibility index (Phi) is 3.30. The highest BCUT2D eigenvalue weighted by Gasteiger charge is 2.18. The Bertz CT molecular complexity index is 531. The van der Waals surface area contributed by atoms with E-state index >= 15 is 0 Å². The minimum atomic E-state index is 0.500. The fraction of sp³-hybridized carbons (Fsp3) is 0.500. The maximum atomic E-state index is 5.17. The Morgan fingerprint density at radius 2 is 2.22 bits per heavy atom. The van der Waals surface area contributed by atoms with Crippen LogP contribution in [0.15, 0.2) is 24.3 Å². The molecule has 1 fully saturated rings. The van der Waals surface area contributed by atoms with Crippen molar-refractivity contribution >= 4 is 11.0 Å². The number of aromatic nitrogens is 2. The summed E-state index contributed by atoms with van der Waals surface area (Å²) in [5, 5.41) is 3.49. The summed E-state index contributed by atoms with van der Waals surface area (Å²) in [4.78, 5) is 4.72. The number of rotatable bonds is 5. The molecule has 0 spiro atoms. The van der Waals surface area contributed by atoms with Crippen molar-refractivity contribution in [2.45, 2.75) is 32.5 Å². The van der Waals surface area contributed by atoms with Crippen molar-refractivity contribution in [2.24, 2.45) is 0 Å². The average molecular weight is 245 g/mol. The zero-order chi connectivity index (χ0) is 12.4. The van der Waals surface area contributed by atoms with E-state index in [0.29, 0.717) is 6.04 Å². The quantitative estimate of drug-likeness (QED) is 0.875. The Morgan fingerprint density at radius 1 is 1.39 bits per heavy atom. The molecule has 0 amide bonds. The van der Waals surface area contributed by atoms with Crippen molar-refractivity contribution in [1.29, 1.82) is 0 Å². The van der Waals surface area contributed by atoms with Crippen LogP contribution >= 0.6 is 0 Å². The van der Waals surface area contributed by atoms with E-state index in [0.717, 1.165) is 44.1 Å². The van der Waals surface area contributed by atoms with E-state index in [1.807, 2.05) is 6.07 Å². The summed E-state index contributed by atoms with van der Waals surface area (Å²) in [5.74, 6) is 1.13. The Labute approximate surface area is 107 Å². The van der Waals surface area contributed by atoms with E-state index < -0.39 is 0 Å². The van der Waals surface area contributed by atoms with Crippen LogP contribution in [0, 0.1) is 0 Å². The Hall–Kier alpha value is -1.39. The second-order valence-electron chi connectivity index (χ2n) is 4.78. The number of imidazole rings is 1. The molecule has 96 valence electrons. The molecule has 0 bridgehead atoms.